The maximum Gasteiger partial charge on any atom is 0.261 e. The maximum absolute atomic E-state index is 14.2. The average molecular weight is 713 g/mol. The van der Waals surface area contributed by atoms with E-state index in [4.69, 9.17) is 12.2 Å². The molecule has 0 spiro atoms. The van der Waals surface area contributed by atoms with E-state index in [1.54, 1.807) is 24.3 Å². The summed E-state index contributed by atoms with van der Waals surface area (Å²) in [5.74, 6) is -1.66. The van der Waals surface area contributed by atoms with Crippen molar-refractivity contribution in [3.05, 3.63) is 130 Å². The molecule has 2 heterocycles. The Balaban J connectivity index is 1.29. The minimum Gasteiger partial charge on any atom is -0.274 e. The van der Waals surface area contributed by atoms with Crippen LogP contribution in [0.15, 0.2) is 107 Å². The topological polar surface area (TPSA) is 111 Å². The minimum atomic E-state index is -0.438. The second-order valence-electron chi connectivity index (χ2n) is 12.8. The van der Waals surface area contributed by atoms with Gasteiger partial charge in [-0.15, -0.1) is 0 Å². The number of nitrogens with zero attached hydrogens (tertiary/aromatic N) is 4. The highest BCUT2D eigenvalue weighted by atomic mass is 32.2. The number of benzene rings is 7. The Bertz CT molecular complexity index is 2820. The molecule has 8 nitrogen and oxygen atoms in total. The molecule has 4 amide bonds. The van der Waals surface area contributed by atoms with Gasteiger partial charge < -0.3 is 0 Å². The van der Waals surface area contributed by atoms with E-state index in [2.05, 4.69) is 15.6 Å². The Morgan fingerprint density at radius 2 is 1.06 bits per heavy atom. The van der Waals surface area contributed by atoms with Gasteiger partial charge in [-0.1, -0.05) is 72.8 Å². The summed E-state index contributed by atoms with van der Waals surface area (Å²) in [6.07, 6.45) is 0.987. The van der Waals surface area contributed by atoms with Crippen molar-refractivity contribution in [1.29, 1.82) is 5.26 Å². The molecule has 0 aliphatic carbocycles. The lowest BCUT2D eigenvalue weighted by Gasteiger charge is -2.31. The molecule has 7 aromatic rings. The monoisotopic (exact) mass is 712 g/mol. The summed E-state index contributed by atoms with van der Waals surface area (Å²) in [7, 11) is 0. The second-order valence-corrected chi connectivity index (χ2v) is 13.8. The molecule has 0 atom stereocenters. The molecule has 0 N–H and O–H groups in total. The van der Waals surface area contributed by atoms with Crippen LogP contribution < -0.4 is 0 Å². The van der Waals surface area contributed by atoms with E-state index in [-0.39, 0.29) is 13.1 Å². The Labute approximate surface area is 306 Å². The zero-order valence-corrected chi connectivity index (χ0v) is 28.9. The van der Waals surface area contributed by atoms with Gasteiger partial charge in [-0.05, 0) is 83.0 Å². The minimum absolute atomic E-state index is 0.193. The molecule has 0 aromatic heterocycles. The number of hydrogen-bond acceptors (Lipinski definition) is 8. The highest BCUT2D eigenvalue weighted by Gasteiger charge is 2.38. The summed E-state index contributed by atoms with van der Waals surface area (Å²) in [5, 5.41) is 19.5. The van der Waals surface area contributed by atoms with Crippen molar-refractivity contribution >= 4 is 102 Å². The molecule has 0 radical (unpaired) electrons. The average Bonchev–Trinajstić information content (AvgIpc) is 3.17. The first-order valence-corrected chi connectivity index (χ1v) is 17.9. The van der Waals surface area contributed by atoms with Gasteiger partial charge in [0.25, 0.3) is 23.6 Å². The molecule has 2 aliphatic heterocycles. The van der Waals surface area contributed by atoms with Crippen LogP contribution in [0.3, 0.4) is 0 Å². The lowest BCUT2D eigenvalue weighted by molar-refractivity contribution is 0.0597. The maximum atomic E-state index is 14.2. The SMILES string of the molecule is N#CSc1cc2c3c(ccc4c5c(N=C=S)cc6c7c(ccc(c1c34)c75)C(=O)N(CCc1ccccc1)C6=O)C(=O)N(CCc1ccccc1)C2=O. The number of thioether (sulfide) groups is 1. The van der Waals surface area contributed by atoms with E-state index in [0.29, 0.717) is 88.8 Å². The number of thiocyanates is 1. The molecule has 0 saturated heterocycles. The lowest BCUT2D eigenvalue weighted by atomic mass is 9.81. The summed E-state index contributed by atoms with van der Waals surface area (Å²) < 4.78 is 0. The normalized spacial score (nSPS) is 13.8. The van der Waals surface area contributed by atoms with Gasteiger partial charge in [-0.3, -0.25) is 29.0 Å². The fourth-order valence-electron chi connectivity index (χ4n) is 7.95. The van der Waals surface area contributed by atoms with Crippen LogP contribution in [-0.4, -0.2) is 51.7 Å². The zero-order chi connectivity index (χ0) is 35.7. The van der Waals surface area contributed by atoms with E-state index < -0.39 is 23.6 Å². The summed E-state index contributed by atoms with van der Waals surface area (Å²) >= 11 is 6.01. The number of fused-ring (bicyclic) bond motifs is 2. The highest BCUT2D eigenvalue weighted by molar-refractivity contribution is 8.04. The number of imide groups is 2. The van der Waals surface area contributed by atoms with Crippen molar-refractivity contribution < 1.29 is 19.2 Å². The van der Waals surface area contributed by atoms with Crippen LogP contribution in [-0.2, 0) is 12.8 Å². The Morgan fingerprint density at radius 1 is 0.577 bits per heavy atom. The molecule has 248 valence electrons. The van der Waals surface area contributed by atoms with Crippen molar-refractivity contribution in [1.82, 2.24) is 9.80 Å². The number of hydrogen-bond donors (Lipinski definition) is 0. The van der Waals surface area contributed by atoms with Crippen LogP contribution in [0, 0.1) is 10.7 Å². The van der Waals surface area contributed by atoms with Gasteiger partial charge in [0.05, 0.1) is 16.4 Å². The largest absolute Gasteiger partial charge is 0.274 e. The van der Waals surface area contributed by atoms with Crippen LogP contribution in [0.2, 0.25) is 0 Å². The molecule has 10 heteroatoms. The third-order valence-electron chi connectivity index (χ3n) is 10.2. The van der Waals surface area contributed by atoms with Crippen molar-refractivity contribution in [3.8, 4) is 5.40 Å². The first kappa shape index (κ1) is 31.7. The summed E-state index contributed by atoms with van der Waals surface area (Å²) in [6, 6.07) is 29.8. The quantitative estimate of drug-likeness (QED) is 0.0295. The number of rotatable bonds is 8. The molecule has 7 aromatic carbocycles. The lowest BCUT2D eigenvalue weighted by Crippen LogP contribution is -2.41. The third-order valence-corrected chi connectivity index (χ3v) is 10.9. The van der Waals surface area contributed by atoms with Gasteiger partial charge >= 0.3 is 0 Å². The van der Waals surface area contributed by atoms with Crippen molar-refractivity contribution in [2.45, 2.75) is 17.7 Å². The van der Waals surface area contributed by atoms with Gasteiger partial charge in [-0.25, -0.2) is 0 Å². The predicted molar refractivity (Wildman–Crippen MR) is 205 cm³/mol. The molecule has 0 unspecified atom stereocenters. The highest BCUT2D eigenvalue weighted by Crippen LogP contribution is 2.51. The standard InChI is InChI=1S/C42H24N4O4S2/c43-21-52-32-20-30-34-28(40(48)46(42(30)50)18-16-24-9-5-2-6-10-24)13-11-25-35-31(44-22-51)19-29-33-27(14-12-26(37(33)35)36(32)38(25)34)39(47)45(41(29)49)17-15-23-7-3-1-4-8-23/h1-14,19-20H,15-18H2. The van der Waals surface area contributed by atoms with Crippen LogP contribution >= 0.6 is 24.0 Å². The Kier molecular flexibility index (Phi) is 7.45. The van der Waals surface area contributed by atoms with E-state index in [1.165, 1.54) is 9.80 Å². The summed E-state index contributed by atoms with van der Waals surface area (Å²) in [4.78, 5) is 64.1. The number of isothiocyanates is 1. The van der Waals surface area contributed by atoms with Crippen LogP contribution in [0.1, 0.15) is 52.6 Å². The fraction of sp³-hybridized carbons (Fsp3) is 0.0952. The number of thiocarbonyl (C=S) groups is 1. The third kappa shape index (κ3) is 4.61. The fourth-order valence-corrected chi connectivity index (χ4v) is 8.64. The predicted octanol–water partition coefficient (Wildman–Crippen LogP) is 8.72. The molecular formula is C42H24N4O4S2. The number of nitriles is 1. The van der Waals surface area contributed by atoms with Crippen molar-refractivity contribution in [3.63, 3.8) is 0 Å². The molecule has 0 fully saturated rings. The number of carbonyl (C=O) groups excluding carboxylic acids is 4. The van der Waals surface area contributed by atoms with Crippen LogP contribution in [0.25, 0.3) is 43.1 Å². The van der Waals surface area contributed by atoms with Crippen LogP contribution in [0.5, 0.6) is 0 Å². The molecule has 0 bridgehead atoms. The van der Waals surface area contributed by atoms with E-state index in [9.17, 15) is 24.4 Å². The second kappa shape index (κ2) is 12.2. The first-order chi connectivity index (χ1) is 25.4. The molecular weight excluding hydrogens is 689 g/mol. The van der Waals surface area contributed by atoms with E-state index in [1.807, 2.05) is 72.8 Å². The van der Waals surface area contributed by atoms with Gasteiger partial charge in [0.2, 0.25) is 0 Å². The van der Waals surface area contributed by atoms with Gasteiger partial charge in [0, 0.05) is 67.0 Å². The van der Waals surface area contributed by atoms with Gasteiger partial charge in [-0.2, -0.15) is 10.3 Å². The molecule has 52 heavy (non-hydrogen) atoms. The van der Waals surface area contributed by atoms with Gasteiger partial charge in [0.15, 0.2) is 0 Å². The van der Waals surface area contributed by atoms with Crippen molar-refractivity contribution in [2.75, 3.05) is 13.1 Å². The summed E-state index contributed by atoms with van der Waals surface area (Å²) in [6.45, 7) is 0.386. The Morgan fingerprint density at radius 3 is 1.58 bits per heavy atom. The smallest absolute Gasteiger partial charge is 0.261 e. The van der Waals surface area contributed by atoms with Crippen molar-refractivity contribution in [2.24, 2.45) is 4.99 Å². The van der Waals surface area contributed by atoms with Crippen LogP contribution in [0.4, 0.5) is 5.69 Å². The molecule has 9 rings (SSSR count). The van der Waals surface area contributed by atoms with E-state index >= 15 is 0 Å². The molecule has 0 saturated carbocycles. The Hall–Kier alpha value is -6.24. The first-order valence-electron chi connectivity index (χ1n) is 16.6. The number of aliphatic imine (C=N–C) groups is 1. The molecule has 2 aliphatic rings. The van der Waals surface area contributed by atoms with Gasteiger partial charge in [0.1, 0.15) is 5.40 Å². The number of carbonyl (C=O) groups is 4. The van der Waals surface area contributed by atoms with E-state index in [0.717, 1.165) is 22.9 Å². The number of amides is 4. The zero-order valence-electron chi connectivity index (χ0n) is 27.3. The summed E-state index contributed by atoms with van der Waals surface area (Å²) in [5.41, 5.74) is 3.78.